The number of hydrogen-bond donors (Lipinski definition) is 1. The molecule has 0 aromatic carbocycles. The van der Waals surface area contributed by atoms with E-state index in [1.54, 1.807) is 0 Å². The second kappa shape index (κ2) is 4.85. The third-order valence-electron chi connectivity index (χ3n) is 0.895. The number of ether oxygens (including phenoxy) is 1. The van der Waals surface area contributed by atoms with Crippen LogP contribution in [0.15, 0.2) is 24.2 Å². The zero-order valence-electron chi connectivity index (χ0n) is 6.26. The fourth-order valence-electron chi connectivity index (χ4n) is 0.448. The molecule has 62 valence electrons. The molecule has 0 atom stereocenters. The predicted molar refractivity (Wildman–Crippen MR) is 46.7 cm³/mol. The molecule has 0 aromatic heterocycles. The molecule has 2 N–H and O–H groups in total. The van der Waals surface area contributed by atoms with E-state index >= 15 is 0 Å². The Morgan fingerprint density at radius 2 is 2.36 bits per heavy atom. The van der Waals surface area contributed by atoms with Crippen molar-refractivity contribution in [2.24, 2.45) is 5.73 Å². The highest BCUT2D eigenvalue weighted by Crippen LogP contribution is 2.07. The summed E-state index contributed by atoms with van der Waals surface area (Å²) in [6.45, 7) is 4.67. The molecule has 11 heavy (non-hydrogen) atoms. The third-order valence-corrected chi connectivity index (χ3v) is 1.01. The van der Waals surface area contributed by atoms with Crippen LogP contribution in [0.2, 0.25) is 0 Å². The van der Waals surface area contributed by atoms with Crippen LogP contribution >= 0.6 is 12.2 Å². The van der Waals surface area contributed by atoms with E-state index in [1.165, 1.54) is 13.0 Å². The van der Waals surface area contributed by atoms with Crippen LogP contribution in [-0.4, -0.2) is 11.6 Å². The van der Waals surface area contributed by atoms with E-state index in [1.807, 2.05) is 0 Å². The van der Waals surface area contributed by atoms with Gasteiger partial charge in [0.15, 0.2) is 0 Å². The second-order valence-corrected chi connectivity index (χ2v) is 2.38. The zero-order chi connectivity index (χ0) is 8.85. The van der Waals surface area contributed by atoms with Gasteiger partial charge in [-0.15, -0.1) is 0 Å². The summed E-state index contributed by atoms with van der Waals surface area (Å²) in [7, 11) is 0. The van der Waals surface area contributed by atoms with Crippen LogP contribution in [0.3, 0.4) is 0 Å². The maximum Gasteiger partial charge on any atom is 0.150 e. The molecule has 0 rings (SSSR count). The van der Waals surface area contributed by atoms with Gasteiger partial charge in [-0.1, -0.05) is 18.8 Å². The fourth-order valence-corrected chi connectivity index (χ4v) is 0.507. The number of thiocarbonyl (C=S) groups is 1. The van der Waals surface area contributed by atoms with E-state index in [0.717, 1.165) is 0 Å². The molecule has 0 unspecified atom stereocenters. The lowest BCUT2D eigenvalue weighted by atomic mass is 10.4. The Balaban J connectivity index is 4.01. The molecule has 0 saturated heterocycles. The van der Waals surface area contributed by atoms with Crippen LogP contribution < -0.4 is 5.73 Å². The molecule has 0 bridgehead atoms. The highest BCUT2D eigenvalue weighted by atomic mass is 32.1. The topological polar surface area (TPSA) is 35.2 Å². The van der Waals surface area contributed by atoms with Gasteiger partial charge >= 0.3 is 0 Å². The first-order valence-electron chi connectivity index (χ1n) is 2.98. The van der Waals surface area contributed by atoms with Crippen LogP contribution in [0, 0.1) is 0 Å². The molecule has 0 aliphatic rings. The lowest BCUT2D eigenvalue weighted by Gasteiger charge is -2.04. The van der Waals surface area contributed by atoms with E-state index in [0.29, 0.717) is 0 Å². The van der Waals surface area contributed by atoms with Gasteiger partial charge in [0, 0.05) is 0 Å². The minimum Gasteiger partial charge on any atom is -0.484 e. The maximum absolute atomic E-state index is 12.4. The quantitative estimate of drug-likeness (QED) is 0.401. The first-order chi connectivity index (χ1) is 5.07. The van der Waals surface area contributed by atoms with Crippen LogP contribution in [0.25, 0.3) is 0 Å². The molecule has 4 heteroatoms. The van der Waals surface area contributed by atoms with Gasteiger partial charge in [-0.05, 0) is 13.0 Å². The first-order valence-corrected chi connectivity index (χ1v) is 3.38. The molecule has 0 aliphatic heterocycles. The zero-order valence-corrected chi connectivity index (χ0v) is 7.08. The second-order valence-electron chi connectivity index (χ2n) is 1.86. The average Bonchev–Trinajstić information content (AvgIpc) is 1.87. The SMILES string of the molecule is C=CC(OCC(N)=S)=C(C)F. The van der Waals surface area contributed by atoms with Crippen LogP contribution in [0.1, 0.15) is 6.92 Å². The normalized spacial score (nSPS) is 11.8. The Hall–Kier alpha value is -0.900. The van der Waals surface area contributed by atoms with Gasteiger partial charge < -0.3 is 10.5 Å². The summed E-state index contributed by atoms with van der Waals surface area (Å²) < 4.78 is 17.3. The predicted octanol–water partition coefficient (Wildman–Crippen LogP) is 1.68. The molecule has 0 amide bonds. The van der Waals surface area contributed by atoms with E-state index in [2.05, 4.69) is 18.8 Å². The van der Waals surface area contributed by atoms with E-state index in [9.17, 15) is 4.39 Å². The van der Waals surface area contributed by atoms with Crippen molar-refractivity contribution in [1.82, 2.24) is 0 Å². The molecular weight excluding hydrogens is 165 g/mol. The summed E-state index contributed by atoms with van der Waals surface area (Å²) in [6, 6.07) is 0. The average molecular weight is 175 g/mol. The highest BCUT2D eigenvalue weighted by Gasteiger charge is 1.98. The largest absolute Gasteiger partial charge is 0.484 e. The van der Waals surface area contributed by atoms with Crippen LogP contribution in [0.4, 0.5) is 4.39 Å². The number of hydrogen-bond acceptors (Lipinski definition) is 2. The highest BCUT2D eigenvalue weighted by molar-refractivity contribution is 7.80. The molecule has 0 heterocycles. The van der Waals surface area contributed by atoms with Gasteiger partial charge in [-0.25, -0.2) is 4.39 Å². The lowest BCUT2D eigenvalue weighted by molar-refractivity contribution is 0.261. The summed E-state index contributed by atoms with van der Waals surface area (Å²) in [6.07, 6.45) is 1.27. The van der Waals surface area contributed by atoms with Crippen molar-refractivity contribution >= 4 is 17.2 Å². The molecular formula is C7H10FNOS. The fraction of sp³-hybridized carbons (Fsp3) is 0.286. The summed E-state index contributed by atoms with van der Waals surface area (Å²) >= 11 is 4.52. The summed E-state index contributed by atoms with van der Waals surface area (Å²) in [4.78, 5) is 0.186. The smallest absolute Gasteiger partial charge is 0.150 e. The van der Waals surface area contributed by atoms with Crippen molar-refractivity contribution in [1.29, 1.82) is 0 Å². The van der Waals surface area contributed by atoms with Crippen molar-refractivity contribution in [2.75, 3.05) is 6.61 Å². The van der Waals surface area contributed by atoms with Gasteiger partial charge in [0.2, 0.25) is 0 Å². The molecule has 0 aliphatic carbocycles. The van der Waals surface area contributed by atoms with E-state index in [-0.39, 0.29) is 17.4 Å². The monoisotopic (exact) mass is 175 g/mol. The van der Waals surface area contributed by atoms with E-state index in [4.69, 9.17) is 10.5 Å². The molecule has 2 nitrogen and oxygen atoms in total. The molecule has 0 fully saturated rings. The minimum absolute atomic E-state index is 0.0396. The number of rotatable bonds is 4. The van der Waals surface area contributed by atoms with Crippen molar-refractivity contribution < 1.29 is 9.13 Å². The van der Waals surface area contributed by atoms with Gasteiger partial charge in [-0.2, -0.15) is 0 Å². The van der Waals surface area contributed by atoms with Gasteiger partial charge in [-0.3, -0.25) is 0 Å². The first kappa shape index (κ1) is 10.1. The number of halogens is 1. The molecule has 0 aromatic rings. The molecule has 0 saturated carbocycles. The van der Waals surface area contributed by atoms with Gasteiger partial charge in [0.05, 0.1) is 0 Å². The summed E-state index contributed by atoms with van der Waals surface area (Å²) in [5.41, 5.74) is 5.12. The summed E-state index contributed by atoms with van der Waals surface area (Å²) in [5, 5.41) is 0. The maximum atomic E-state index is 12.4. The van der Waals surface area contributed by atoms with Crippen molar-refractivity contribution in [3.63, 3.8) is 0 Å². The summed E-state index contributed by atoms with van der Waals surface area (Å²) in [5.74, 6) is -0.353. The van der Waals surface area contributed by atoms with E-state index < -0.39 is 5.83 Å². The van der Waals surface area contributed by atoms with Crippen LogP contribution in [0.5, 0.6) is 0 Å². The van der Waals surface area contributed by atoms with Crippen molar-refractivity contribution in [2.45, 2.75) is 6.92 Å². The third kappa shape index (κ3) is 4.50. The Labute approximate surface area is 70.5 Å². The Morgan fingerprint density at radius 1 is 1.82 bits per heavy atom. The number of nitrogens with two attached hydrogens (primary N) is 1. The Bertz CT molecular complexity index is 197. The minimum atomic E-state index is -0.434. The van der Waals surface area contributed by atoms with Gasteiger partial charge in [0.1, 0.15) is 23.2 Å². The molecule has 0 radical (unpaired) electrons. The van der Waals surface area contributed by atoms with Crippen molar-refractivity contribution in [3.05, 3.63) is 24.2 Å². The number of allylic oxidation sites excluding steroid dienone is 2. The van der Waals surface area contributed by atoms with Crippen molar-refractivity contribution in [3.8, 4) is 0 Å². The lowest BCUT2D eigenvalue weighted by Crippen LogP contribution is -2.15. The Morgan fingerprint density at radius 3 is 2.64 bits per heavy atom. The molecule has 0 spiro atoms. The van der Waals surface area contributed by atoms with Gasteiger partial charge in [0.25, 0.3) is 0 Å². The standard InChI is InChI=1S/C7H10FNOS/c1-3-6(5(2)8)10-4-7(9)11/h3H,1,4H2,2H3,(H2,9,11). The Kier molecular flexibility index (Phi) is 4.45. The van der Waals surface area contributed by atoms with Crippen LogP contribution in [-0.2, 0) is 4.74 Å².